The Balaban J connectivity index is 0.000000606. The van der Waals surface area contributed by atoms with E-state index in [1.807, 2.05) is 20.8 Å². The van der Waals surface area contributed by atoms with E-state index >= 15 is 0 Å². The van der Waals surface area contributed by atoms with Crippen molar-refractivity contribution in [2.75, 3.05) is 0 Å². The highest BCUT2D eigenvalue weighted by Gasteiger charge is 2.48. The van der Waals surface area contributed by atoms with E-state index in [9.17, 15) is 4.79 Å². The van der Waals surface area contributed by atoms with Crippen LogP contribution in [0.15, 0.2) is 18.5 Å². The lowest BCUT2D eigenvalue weighted by Crippen LogP contribution is -2.35. The number of amides is 1. The molecule has 1 amide bonds. The van der Waals surface area contributed by atoms with Gasteiger partial charge in [0.25, 0.3) is 0 Å². The molecule has 4 nitrogen and oxygen atoms in total. The Hall–Kier alpha value is -1.45. The van der Waals surface area contributed by atoms with Gasteiger partial charge >= 0.3 is 0 Å². The molecule has 0 unspecified atom stereocenters. The molecule has 1 aliphatic carbocycles. The molecule has 0 saturated heterocycles. The van der Waals surface area contributed by atoms with Gasteiger partial charge in [0.15, 0.2) is 5.82 Å². The summed E-state index contributed by atoms with van der Waals surface area (Å²) < 4.78 is 0. The van der Waals surface area contributed by atoms with Gasteiger partial charge in [-0.1, -0.05) is 20.8 Å². The number of rotatable bonds is 3. The third kappa shape index (κ3) is 2.78. The summed E-state index contributed by atoms with van der Waals surface area (Å²) >= 11 is 0. The zero-order chi connectivity index (χ0) is 12.0. The molecule has 1 fully saturated rings. The molecular weight excluding hydrogens is 202 g/mol. The molecule has 1 aromatic heterocycles. The molecule has 0 radical (unpaired) electrons. The Morgan fingerprint density at radius 2 is 1.94 bits per heavy atom. The predicted octanol–water partition coefficient (Wildman–Crippen LogP) is 2.02. The largest absolute Gasteiger partial charge is 0.343 e. The number of carbonyl (C=O) groups excluding carboxylic acids is 1. The highest BCUT2D eigenvalue weighted by molar-refractivity contribution is 5.77. The molecule has 2 rings (SSSR count). The number of hydrogen-bond acceptors (Lipinski definition) is 3. The minimum Gasteiger partial charge on any atom is -0.343 e. The highest BCUT2D eigenvalue weighted by atomic mass is 16.1. The number of hydrogen-bond donors (Lipinski definition) is 1. The lowest BCUT2D eigenvalue weighted by atomic mass is 10.2. The molecule has 1 heterocycles. The van der Waals surface area contributed by atoms with Gasteiger partial charge < -0.3 is 5.32 Å². The summed E-state index contributed by atoms with van der Waals surface area (Å²) in [5.41, 5.74) is -0.256. The van der Waals surface area contributed by atoms with Gasteiger partial charge in [0.1, 0.15) is 0 Å². The summed E-state index contributed by atoms with van der Waals surface area (Å²) in [7, 11) is 0. The first-order valence-corrected chi connectivity index (χ1v) is 5.85. The maximum atomic E-state index is 11.3. The summed E-state index contributed by atoms with van der Waals surface area (Å²) in [6, 6.07) is 1.78. The van der Waals surface area contributed by atoms with E-state index in [1.54, 1.807) is 18.5 Å². The van der Waals surface area contributed by atoms with Crippen molar-refractivity contribution in [3.8, 4) is 0 Å². The monoisotopic (exact) mass is 221 g/mol. The van der Waals surface area contributed by atoms with Gasteiger partial charge in [0.05, 0.1) is 5.54 Å². The Kier molecular flexibility index (Phi) is 4.40. The highest BCUT2D eigenvalue weighted by Crippen LogP contribution is 2.43. The molecule has 1 N–H and O–H groups in total. The Morgan fingerprint density at radius 1 is 1.38 bits per heavy atom. The first-order chi connectivity index (χ1) is 7.77. The number of aromatic nitrogens is 2. The molecule has 4 heteroatoms. The van der Waals surface area contributed by atoms with Crippen LogP contribution in [0.1, 0.15) is 45.9 Å². The van der Waals surface area contributed by atoms with Crippen molar-refractivity contribution < 1.29 is 4.79 Å². The fourth-order valence-corrected chi connectivity index (χ4v) is 1.43. The predicted molar refractivity (Wildman–Crippen MR) is 62.7 cm³/mol. The van der Waals surface area contributed by atoms with Crippen LogP contribution in [0.3, 0.4) is 0 Å². The third-order valence-corrected chi connectivity index (χ3v) is 2.44. The van der Waals surface area contributed by atoms with Crippen LogP contribution in [0, 0.1) is 0 Å². The quantitative estimate of drug-likeness (QED) is 0.849. The van der Waals surface area contributed by atoms with Gasteiger partial charge in [-0.3, -0.25) is 4.79 Å². The average Bonchev–Trinajstić information content (AvgIpc) is 3.14. The maximum absolute atomic E-state index is 11.3. The summed E-state index contributed by atoms with van der Waals surface area (Å²) in [5.74, 6) is 0.803. The molecule has 16 heavy (non-hydrogen) atoms. The van der Waals surface area contributed by atoms with E-state index in [4.69, 9.17) is 0 Å². The van der Waals surface area contributed by atoms with Crippen molar-refractivity contribution in [2.24, 2.45) is 0 Å². The van der Waals surface area contributed by atoms with E-state index < -0.39 is 0 Å². The Labute approximate surface area is 96.5 Å². The van der Waals surface area contributed by atoms with Crippen molar-refractivity contribution in [1.82, 2.24) is 15.3 Å². The van der Waals surface area contributed by atoms with Crippen LogP contribution in [0.25, 0.3) is 0 Å². The number of nitrogens with zero attached hydrogens (tertiary/aromatic N) is 2. The fourth-order valence-electron chi connectivity index (χ4n) is 1.43. The van der Waals surface area contributed by atoms with E-state index in [2.05, 4.69) is 15.3 Å². The molecule has 0 spiro atoms. The van der Waals surface area contributed by atoms with Crippen LogP contribution in [0.5, 0.6) is 0 Å². The fraction of sp³-hybridized carbons (Fsp3) is 0.583. The topological polar surface area (TPSA) is 54.9 Å². The van der Waals surface area contributed by atoms with Crippen molar-refractivity contribution in [1.29, 1.82) is 0 Å². The molecule has 0 atom stereocenters. The first kappa shape index (κ1) is 12.6. The lowest BCUT2D eigenvalue weighted by molar-refractivity contribution is -0.121. The first-order valence-electron chi connectivity index (χ1n) is 5.85. The molecule has 1 aliphatic rings. The zero-order valence-electron chi connectivity index (χ0n) is 10.2. The van der Waals surface area contributed by atoms with Crippen LogP contribution >= 0.6 is 0 Å². The third-order valence-electron chi connectivity index (χ3n) is 2.44. The molecule has 0 bridgehead atoms. The molecular formula is C12H19N3O. The van der Waals surface area contributed by atoms with Crippen LogP contribution < -0.4 is 5.32 Å². The van der Waals surface area contributed by atoms with Crippen molar-refractivity contribution in [3.05, 3.63) is 24.3 Å². The average molecular weight is 221 g/mol. The van der Waals surface area contributed by atoms with Gasteiger partial charge in [-0.15, -0.1) is 0 Å². The molecule has 0 aliphatic heterocycles. The molecule has 1 saturated carbocycles. The summed E-state index contributed by atoms with van der Waals surface area (Å²) in [5, 5.41) is 2.97. The van der Waals surface area contributed by atoms with Crippen molar-refractivity contribution in [3.63, 3.8) is 0 Å². The van der Waals surface area contributed by atoms with Gasteiger partial charge in [0.2, 0.25) is 5.91 Å². The minimum absolute atomic E-state index is 0.0648. The molecule has 0 aromatic carbocycles. The van der Waals surface area contributed by atoms with Crippen molar-refractivity contribution >= 4 is 5.91 Å². The van der Waals surface area contributed by atoms with Gasteiger partial charge in [0, 0.05) is 18.8 Å². The van der Waals surface area contributed by atoms with E-state index in [0.717, 1.165) is 18.7 Å². The zero-order valence-corrected chi connectivity index (χ0v) is 10.2. The summed E-state index contributed by atoms with van der Waals surface area (Å²) in [4.78, 5) is 19.6. The van der Waals surface area contributed by atoms with Crippen molar-refractivity contribution in [2.45, 2.75) is 45.6 Å². The maximum Gasteiger partial charge on any atom is 0.220 e. The minimum atomic E-state index is -0.256. The second kappa shape index (κ2) is 5.58. The van der Waals surface area contributed by atoms with Crippen LogP contribution in [0.2, 0.25) is 0 Å². The van der Waals surface area contributed by atoms with E-state index in [0.29, 0.717) is 6.42 Å². The second-order valence-corrected chi connectivity index (χ2v) is 3.56. The summed E-state index contributed by atoms with van der Waals surface area (Å²) in [6.07, 6.45) is 5.82. The molecule has 88 valence electrons. The lowest BCUT2D eigenvalue weighted by Gasteiger charge is -2.14. The van der Waals surface area contributed by atoms with E-state index in [-0.39, 0.29) is 11.4 Å². The van der Waals surface area contributed by atoms with Crippen LogP contribution in [0.4, 0.5) is 0 Å². The normalized spacial score (nSPS) is 15.7. The number of nitrogens with one attached hydrogen (secondary N) is 1. The smallest absolute Gasteiger partial charge is 0.220 e. The molecule has 1 aromatic rings. The van der Waals surface area contributed by atoms with Gasteiger partial charge in [-0.25, -0.2) is 9.97 Å². The summed E-state index contributed by atoms with van der Waals surface area (Å²) in [6.45, 7) is 5.84. The Morgan fingerprint density at radius 3 is 2.38 bits per heavy atom. The van der Waals surface area contributed by atoms with Crippen LogP contribution in [-0.4, -0.2) is 15.9 Å². The second-order valence-electron chi connectivity index (χ2n) is 3.56. The Bertz CT molecular complexity index is 333. The van der Waals surface area contributed by atoms with Gasteiger partial charge in [-0.05, 0) is 18.9 Å². The van der Waals surface area contributed by atoms with Gasteiger partial charge in [-0.2, -0.15) is 0 Å². The number of carbonyl (C=O) groups is 1. The standard InChI is InChI=1S/C10H13N3O.C2H6/c1-2-8(14)13-10(4-5-10)9-11-6-3-7-12-9;1-2/h3,6-7H,2,4-5H2,1H3,(H,13,14);1-2H3. The van der Waals surface area contributed by atoms with Crippen LogP contribution in [-0.2, 0) is 10.3 Å². The SMILES string of the molecule is CC.CCC(=O)NC1(c2ncccn2)CC1. The van der Waals surface area contributed by atoms with E-state index in [1.165, 1.54) is 0 Å².